The highest BCUT2D eigenvalue weighted by atomic mass is 16.1. The van der Waals surface area contributed by atoms with Crippen molar-refractivity contribution in [3.8, 4) is 0 Å². The molecule has 0 radical (unpaired) electrons. The zero-order chi connectivity index (χ0) is 19.4. The third-order valence-corrected chi connectivity index (χ3v) is 4.10. The Kier molecular flexibility index (Phi) is 5.50. The van der Waals surface area contributed by atoms with Gasteiger partial charge in [-0.25, -0.2) is 9.97 Å². The third kappa shape index (κ3) is 5.14. The summed E-state index contributed by atoms with van der Waals surface area (Å²) in [5.74, 6) is 0.200. The summed E-state index contributed by atoms with van der Waals surface area (Å²) in [7, 11) is 0. The molecule has 3 aromatic rings. The minimum Gasteiger partial charge on any atom is -0.347 e. The Hall–Kier alpha value is -3.21. The quantitative estimate of drug-likeness (QED) is 0.708. The molecule has 0 aliphatic carbocycles. The molecule has 0 aliphatic rings. The summed E-state index contributed by atoms with van der Waals surface area (Å²) in [5, 5.41) is 6.12. The first-order valence-electron chi connectivity index (χ1n) is 8.94. The number of hydrogen-bond acceptors (Lipinski definition) is 4. The maximum atomic E-state index is 12.5. The number of anilines is 2. The lowest BCUT2D eigenvalue weighted by molar-refractivity contribution is 0.0945. The van der Waals surface area contributed by atoms with Crippen LogP contribution in [0.15, 0.2) is 48.5 Å². The largest absolute Gasteiger partial charge is 0.347 e. The van der Waals surface area contributed by atoms with E-state index in [9.17, 15) is 4.79 Å². The predicted octanol–water partition coefficient (Wildman–Crippen LogP) is 4.38. The van der Waals surface area contributed by atoms with Crippen molar-refractivity contribution in [2.45, 2.75) is 34.2 Å². The molecule has 27 heavy (non-hydrogen) atoms. The summed E-state index contributed by atoms with van der Waals surface area (Å²) in [4.78, 5) is 21.3. The molecule has 1 aromatic heterocycles. The van der Waals surface area contributed by atoms with Crippen molar-refractivity contribution in [2.24, 2.45) is 0 Å². The van der Waals surface area contributed by atoms with Crippen molar-refractivity contribution >= 4 is 17.5 Å². The second kappa shape index (κ2) is 7.99. The summed E-state index contributed by atoms with van der Waals surface area (Å²) >= 11 is 0. The van der Waals surface area contributed by atoms with Gasteiger partial charge in [-0.1, -0.05) is 35.9 Å². The molecule has 0 unspecified atom stereocenters. The molecule has 1 heterocycles. The minimum absolute atomic E-state index is 0.217. The van der Waals surface area contributed by atoms with Gasteiger partial charge in [0.25, 0.3) is 5.91 Å². The maximum Gasteiger partial charge on any atom is 0.270 e. The van der Waals surface area contributed by atoms with Crippen LogP contribution >= 0.6 is 0 Å². The van der Waals surface area contributed by atoms with Crippen LogP contribution in [0.2, 0.25) is 0 Å². The highest BCUT2D eigenvalue weighted by Gasteiger charge is 2.11. The number of rotatable bonds is 5. The lowest BCUT2D eigenvalue weighted by atomic mass is 10.1. The van der Waals surface area contributed by atoms with Gasteiger partial charge in [-0.05, 0) is 62.6 Å². The average molecular weight is 360 g/mol. The first kappa shape index (κ1) is 18.6. The van der Waals surface area contributed by atoms with E-state index in [0.717, 1.165) is 28.1 Å². The van der Waals surface area contributed by atoms with Gasteiger partial charge in [-0.15, -0.1) is 0 Å². The molecule has 0 aliphatic heterocycles. The van der Waals surface area contributed by atoms with Crippen LogP contribution < -0.4 is 10.6 Å². The van der Waals surface area contributed by atoms with Crippen molar-refractivity contribution in [1.29, 1.82) is 0 Å². The molecule has 0 saturated heterocycles. The maximum absolute atomic E-state index is 12.5. The van der Waals surface area contributed by atoms with Gasteiger partial charge in [0.15, 0.2) is 0 Å². The van der Waals surface area contributed by atoms with Gasteiger partial charge in [-0.2, -0.15) is 0 Å². The molecule has 138 valence electrons. The summed E-state index contributed by atoms with van der Waals surface area (Å²) in [6.07, 6.45) is 0. The van der Waals surface area contributed by atoms with Gasteiger partial charge in [-0.3, -0.25) is 4.79 Å². The van der Waals surface area contributed by atoms with Crippen LogP contribution in [0.25, 0.3) is 0 Å². The second-order valence-electron chi connectivity index (χ2n) is 6.89. The second-order valence-corrected chi connectivity index (χ2v) is 6.89. The zero-order valence-corrected chi connectivity index (χ0v) is 16.1. The van der Waals surface area contributed by atoms with Crippen molar-refractivity contribution in [1.82, 2.24) is 15.3 Å². The number of hydrogen-bond donors (Lipinski definition) is 2. The molecule has 2 N–H and O–H groups in total. The minimum atomic E-state index is -0.217. The lowest BCUT2D eigenvalue weighted by Gasteiger charge is -2.10. The molecule has 0 atom stereocenters. The molecule has 0 fully saturated rings. The molecule has 0 saturated carbocycles. The standard InChI is InChI=1S/C22H24N4O/c1-14-6-5-7-18(9-14)13-23-21(27)20-12-17(4)24-22(26-20)25-19-10-15(2)8-16(3)11-19/h5-12H,13H2,1-4H3,(H,23,27)(H,24,25,26). The normalized spacial score (nSPS) is 10.5. The Morgan fingerprint density at radius 2 is 1.63 bits per heavy atom. The summed E-state index contributed by atoms with van der Waals surface area (Å²) in [6, 6.07) is 15.9. The average Bonchev–Trinajstić information content (AvgIpc) is 2.58. The van der Waals surface area contributed by atoms with E-state index < -0.39 is 0 Å². The van der Waals surface area contributed by atoms with Crippen molar-refractivity contribution in [3.05, 3.63) is 82.2 Å². The summed E-state index contributed by atoms with van der Waals surface area (Å²) in [6.45, 7) is 8.43. The number of amides is 1. The molecular weight excluding hydrogens is 336 g/mol. The van der Waals surface area contributed by atoms with E-state index in [1.807, 2.05) is 58.0 Å². The molecule has 0 bridgehead atoms. The molecular formula is C22H24N4O. The first-order chi connectivity index (χ1) is 12.9. The number of nitrogens with zero attached hydrogens (tertiary/aromatic N) is 2. The molecule has 1 amide bonds. The van der Waals surface area contributed by atoms with Crippen LogP contribution in [0.3, 0.4) is 0 Å². The van der Waals surface area contributed by atoms with Crippen LogP contribution in [0.4, 0.5) is 11.6 Å². The van der Waals surface area contributed by atoms with Crippen LogP contribution in [-0.2, 0) is 6.54 Å². The zero-order valence-electron chi connectivity index (χ0n) is 16.1. The molecule has 5 nitrogen and oxygen atoms in total. The number of aromatic nitrogens is 2. The van der Waals surface area contributed by atoms with Gasteiger partial charge >= 0.3 is 0 Å². The SMILES string of the molecule is Cc1cccc(CNC(=O)c2cc(C)nc(Nc3cc(C)cc(C)c3)n2)c1. The Bertz CT molecular complexity index is 962. The molecule has 0 spiro atoms. The van der Waals surface area contributed by atoms with E-state index in [1.54, 1.807) is 6.07 Å². The topological polar surface area (TPSA) is 66.9 Å². The van der Waals surface area contributed by atoms with E-state index in [4.69, 9.17) is 0 Å². The lowest BCUT2D eigenvalue weighted by Crippen LogP contribution is -2.24. The Balaban J connectivity index is 1.75. The van der Waals surface area contributed by atoms with E-state index in [1.165, 1.54) is 5.56 Å². The number of aryl methyl sites for hydroxylation is 4. The van der Waals surface area contributed by atoms with Crippen LogP contribution in [-0.4, -0.2) is 15.9 Å². The van der Waals surface area contributed by atoms with Crippen LogP contribution in [0, 0.1) is 27.7 Å². The van der Waals surface area contributed by atoms with E-state index in [2.05, 4.69) is 32.7 Å². The van der Waals surface area contributed by atoms with Crippen LogP contribution in [0.1, 0.15) is 38.4 Å². The third-order valence-electron chi connectivity index (χ3n) is 4.10. The smallest absolute Gasteiger partial charge is 0.270 e. The summed E-state index contributed by atoms with van der Waals surface area (Å²) < 4.78 is 0. The fraction of sp³-hybridized carbons (Fsp3) is 0.227. The van der Waals surface area contributed by atoms with Gasteiger partial charge in [0, 0.05) is 17.9 Å². The van der Waals surface area contributed by atoms with Gasteiger partial charge in [0.1, 0.15) is 5.69 Å². The van der Waals surface area contributed by atoms with Gasteiger partial charge < -0.3 is 10.6 Å². The fourth-order valence-corrected chi connectivity index (χ4v) is 3.01. The van der Waals surface area contributed by atoms with Crippen molar-refractivity contribution < 1.29 is 4.79 Å². The molecule has 2 aromatic carbocycles. The predicted molar refractivity (Wildman–Crippen MR) is 108 cm³/mol. The Morgan fingerprint density at radius 3 is 2.33 bits per heavy atom. The van der Waals surface area contributed by atoms with Gasteiger partial charge in [0.05, 0.1) is 0 Å². The number of benzene rings is 2. The molecule has 3 rings (SSSR count). The van der Waals surface area contributed by atoms with E-state index in [-0.39, 0.29) is 5.91 Å². The Morgan fingerprint density at radius 1 is 0.889 bits per heavy atom. The highest BCUT2D eigenvalue weighted by Crippen LogP contribution is 2.18. The van der Waals surface area contributed by atoms with E-state index in [0.29, 0.717) is 18.2 Å². The number of carbonyl (C=O) groups is 1. The monoisotopic (exact) mass is 360 g/mol. The van der Waals surface area contributed by atoms with Crippen LogP contribution in [0.5, 0.6) is 0 Å². The first-order valence-corrected chi connectivity index (χ1v) is 8.94. The fourth-order valence-electron chi connectivity index (χ4n) is 3.01. The van der Waals surface area contributed by atoms with Gasteiger partial charge in [0.2, 0.25) is 5.95 Å². The van der Waals surface area contributed by atoms with Crippen molar-refractivity contribution in [2.75, 3.05) is 5.32 Å². The summed E-state index contributed by atoms with van der Waals surface area (Å²) in [5.41, 5.74) is 6.52. The Labute approximate surface area is 159 Å². The highest BCUT2D eigenvalue weighted by molar-refractivity contribution is 5.92. The number of carbonyl (C=O) groups excluding carboxylic acids is 1. The van der Waals surface area contributed by atoms with E-state index >= 15 is 0 Å². The number of nitrogens with one attached hydrogen (secondary N) is 2. The molecule has 5 heteroatoms. The van der Waals surface area contributed by atoms with Crippen molar-refractivity contribution in [3.63, 3.8) is 0 Å².